The third-order valence-electron chi connectivity index (χ3n) is 5.68. The minimum atomic E-state index is -0.0452. The first kappa shape index (κ1) is 18.5. The van der Waals surface area contributed by atoms with Gasteiger partial charge >= 0.3 is 0 Å². The number of nitrogens with two attached hydrogens (primary N) is 1. The number of rotatable bonds is 6. The lowest BCUT2D eigenvalue weighted by Gasteiger charge is -2.41. The quantitative estimate of drug-likeness (QED) is 0.706. The van der Waals surface area contributed by atoms with Crippen molar-refractivity contribution < 1.29 is 9.21 Å². The van der Waals surface area contributed by atoms with Crippen molar-refractivity contribution >= 4 is 5.91 Å². The van der Waals surface area contributed by atoms with Gasteiger partial charge in [0.25, 0.3) is 0 Å². The van der Waals surface area contributed by atoms with Crippen LogP contribution >= 0.6 is 0 Å². The first-order valence-electron chi connectivity index (χ1n) is 9.90. The fraction of sp³-hybridized carbons (Fsp3) is 0.292. The number of aryl methyl sites for hydroxylation is 1. The van der Waals surface area contributed by atoms with Crippen LogP contribution in [0, 0.1) is 5.92 Å². The Kier molecular flexibility index (Phi) is 5.58. The van der Waals surface area contributed by atoms with Crippen LogP contribution in [0.4, 0.5) is 0 Å². The molecule has 4 heteroatoms. The molecular formula is C24H26N2O2. The van der Waals surface area contributed by atoms with E-state index in [4.69, 9.17) is 10.2 Å². The molecule has 2 N–H and O–H groups in total. The molecule has 1 aromatic heterocycles. The van der Waals surface area contributed by atoms with Gasteiger partial charge in [-0.25, -0.2) is 0 Å². The molecule has 28 heavy (non-hydrogen) atoms. The van der Waals surface area contributed by atoms with Crippen molar-refractivity contribution in [2.45, 2.75) is 31.8 Å². The molecule has 0 spiro atoms. The Morgan fingerprint density at radius 2 is 1.82 bits per heavy atom. The molecule has 2 aromatic carbocycles. The summed E-state index contributed by atoms with van der Waals surface area (Å²) in [5.74, 6) is 1.07. The van der Waals surface area contributed by atoms with Crippen molar-refractivity contribution in [2.75, 3.05) is 6.54 Å². The van der Waals surface area contributed by atoms with E-state index in [0.717, 1.165) is 25.0 Å². The molecule has 3 aromatic rings. The number of carbonyl (C=O) groups is 1. The summed E-state index contributed by atoms with van der Waals surface area (Å²) >= 11 is 0. The van der Waals surface area contributed by atoms with Crippen molar-refractivity contribution in [3.63, 3.8) is 0 Å². The van der Waals surface area contributed by atoms with Crippen LogP contribution in [0.2, 0.25) is 0 Å². The normalized spacial score (nSPS) is 18.5. The molecule has 1 aliphatic rings. The van der Waals surface area contributed by atoms with Crippen molar-refractivity contribution in [1.29, 1.82) is 0 Å². The Morgan fingerprint density at radius 3 is 2.57 bits per heavy atom. The van der Waals surface area contributed by atoms with Gasteiger partial charge in [0.05, 0.1) is 25.4 Å². The van der Waals surface area contributed by atoms with Crippen LogP contribution in [0.5, 0.6) is 0 Å². The van der Waals surface area contributed by atoms with Crippen LogP contribution in [0.25, 0.3) is 0 Å². The number of hydrogen-bond donors (Lipinski definition) is 1. The van der Waals surface area contributed by atoms with Crippen molar-refractivity contribution in [3.8, 4) is 0 Å². The van der Waals surface area contributed by atoms with Crippen LogP contribution in [-0.2, 0) is 24.2 Å². The molecule has 1 heterocycles. The Balaban J connectivity index is 1.72. The van der Waals surface area contributed by atoms with Gasteiger partial charge in [-0.1, -0.05) is 54.6 Å². The van der Waals surface area contributed by atoms with E-state index >= 15 is 0 Å². The second-order valence-corrected chi connectivity index (χ2v) is 7.44. The third kappa shape index (κ3) is 3.87. The maximum atomic E-state index is 12.9. The summed E-state index contributed by atoms with van der Waals surface area (Å²) in [5, 5.41) is 0. The molecule has 0 aliphatic heterocycles. The number of benzene rings is 2. The smallest absolute Gasteiger partial charge is 0.237 e. The molecule has 0 radical (unpaired) electrons. The highest BCUT2D eigenvalue weighted by Gasteiger charge is 2.36. The third-order valence-corrected chi connectivity index (χ3v) is 5.68. The van der Waals surface area contributed by atoms with Gasteiger partial charge in [-0.2, -0.15) is 0 Å². The standard InChI is InChI=1S/C24H26N2O2/c25-16-23(27)26(17-21-10-6-14-28-21)24-20(15-18-7-2-1-3-8-18)13-12-19-9-4-5-11-22(19)24/h1-11,14,20,24H,12-13,15-17,25H2. The van der Waals surface area contributed by atoms with Gasteiger partial charge in [-0.05, 0) is 54.0 Å². The highest BCUT2D eigenvalue weighted by Crippen LogP contribution is 2.41. The largest absolute Gasteiger partial charge is 0.467 e. The van der Waals surface area contributed by atoms with E-state index in [1.165, 1.54) is 16.7 Å². The molecule has 1 aliphatic carbocycles. The van der Waals surface area contributed by atoms with Crippen LogP contribution in [-0.4, -0.2) is 17.4 Å². The Bertz CT molecular complexity index is 905. The van der Waals surface area contributed by atoms with Crippen molar-refractivity contribution in [1.82, 2.24) is 4.90 Å². The van der Waals surface area contributed by atoms with Crippen LogP contribution in [0.1, 0.15) is 34.9 Å². The minimum absolute atomic E-state index is 0.00255. The lowest BCUT2D eigenvalue weighted by atomic mass is 9.76. The van der Waals surface area contributed by atoms with Crippen molar-refractivity contribution in [3.05, 3.63) is 95.4 Å². The zero-order valence-corrected chi connectivity index (χ0v) is 16.0. The fourth-order valence-electron chi connectivity index (χ4n) is 4.39. The van der Waals surface area contributed by atoms with Gasteiger partial charge < -0.3 is 15.1 Å². The van der Waals surface area contributed by atoms with E-state index in [-0.39, 0.29) is 18.5 Å². The minimum Gasteiger partial charge on any atom is -0.467 e. The lowest BCUT2D eigenvalue weighted by molar-refractivity contribution is -0.134. The zero-order valence-electron chi connectivity index (χ0n) is 16.0. The van der Waals surface area contributed by atoms with Gasteiger partial charge in [0.2, 0.25) is 5.91 Å². The molecule has 4 rings (SSSR count). The maximum Gasteiger partial charge on any atom is 0.237 e. The van der Waals surface area contributed by atoms with E-state index in [2.05, 4.69) is 48.5 Å². The molecule has 2 unspecified atom stereocenters. The van der Waals surface area contributed by atoms with E-state index < -0.39 is 0 Å². The monoisotopic (exact) mass is 374 g/mol. The summed E-state index contributed by atoms with van der Waals surface area (Å²) in [4.78, 5) is 14.8. The second kappa shape index (κ2) is 8.44. The average molecular weight is 374 g/mol. The molecular weight excluding hydrogens is 348 g/mol. The van der Waals surface area contributed by atoms with Gasteiger partial charge in [0, 0.05) is 0 Å². The molecule has 2 atom stereocenters. The van der Waals surface area contributed by atoms with Crippen LogP contribution in [0.15, 0.2) is 77.4 Å². The summed E-state index contributed by atoms with van der Waals surface area (Å²) < 4.78 is 5.56. The predicted molar refractivity (Wildman–Crippen MR) is 109 cm³/mol. The van der Waals surface area contributed by atoms with E-state index in [9.17, 15) is 4.79 Å². The Morgan fingerprint density at radius 1 is 1.04 bits per heavy atom. The van der Waals surface area contributed by atoms with Crippen LogP contribution in [0.3, 0.4) is 0 Å². The SMILES string of the molecule is NCC(=O)N(Cc1ccco1)C1c2ccccc2CCC1Cc1ccccc1. The number of hydrogen-bond acceptors (Lipinski definition) is 3. The maximum absolute atomic E-state index is 12.9. The zero-order chi connectivity index (χ0) is 19.3. The number of carbonyl (C=O) groups excluding carboxylic acids is 1. The molecule has 0 fully saturated rings. The Labute approximate surface area is 166 Å². The van der Waals surface area contributed by atoms with Gasteiger partial charge in [0.15, 0.2) is 0 Å². The highest BCUT2D eigenvalue weighted by molar-refractivity contribution is 5.78. The fourth-order valence-corrected chi connectivity index (χ4v) is 4.39. The van der Waals surface area contributed by atoms with Crippen LogP contribution < -0.4 is 5.73 Å². The van der Waals surface area contributed by atoms with Gasteiger partial charge in [0.1, 0.15) is 5.76 Å². The van der Waals surface area contributed by atoms with E-state index in [0.29, 0.717) is 12.5 Å². The molecule has 0 saturated heterocycles. The topological polar surface area (TPSA) is 59.5 Å². The number of fused-ring (bicyclic) bond motifs is 1. The summed E-state index contributed by atoms with van der Waals surface area (Å²) in [5.41, 5.74) is 9.67. The summed E-state index contributed by atoms with van der Waals surface area (Å²) in [6.07, 6.45) is 4.67. The molecule has 0 bridgehead atoms. The number of furan rings is 1. The Hall–Kier alpha value is -2.85. The molecule has 144 valence electrons. The van der Waals surface area contributed by atoms with Crippen molar-refractivity contribution in [2.24, 2.45) is 11.7 Å². The summed E-state index contributed by atoms with van der Waals surface area (Å²) in [6.45, 7) is 0.435. The van der Waals surface area contributed by atoms with E-state index in [1.54, 1.807) is 6.26 Å². The lowest BCUT2D eigenvalue weighted by Crippen LogP contribution is -2.43. The second-order valence-electron chi connectivity index (χ2n) is 7.44. The first-order chi connectivity index (χ1) is 13.8. The number of amides is 1. The molecule has 4 nitrogen and oxygen atoms in total. The summed E-state index contributed by atoms with van der Waals surface area (Å²) in [7, 11) is 0. The highest BCUT2D eigenvalue weighted by atomic mass is 16.3. The first-order valence-corrected chi connectivity index (χ1v) is 9.90. The predicted octanol–water partition coefficient (Wildman–Crippen LogP) is 4.11. The van der Waals surface area contributed by atoms with Gasteiger partial charge in [-0.3, -0.25) is 4.79 Å². The summed E-state index contributed by atoms with van der Waals surface area (Å²) in [6, 6.07) is 22.8. The average Bonchev–Trinajstić information content (AvgIpc) is 3.26. The van der Waals surface area contributed by atoms with Gasteiger partial charge in [-0.15, -0.1) is 0 Å². The molecule has 1 amide bonds. The van der Waals surface area contributed by atoms with E-state index in [1.807, 2.05) is 23.1 Å². The molecule has 0 saturated carbocycles. The number of nitrogens with zero attached hydrogens (tertiary/aromatic N) is 1.